The standard InChI is InChI=1S/C17H29N3O4/c1-14-9-17(24-18-14)11-20-6-4-19(5-7-20)10-15(21)12-22-13-16-3-2-8-23-16/h9,15-16,21H,2-8,10-13H2,1H3. The van der Waals surface area contributed by atoms with Gasteiger partial charge in [-0.15, -0.1) is 0 Å². The predicted octanol–water partition coefficient (Wildman–Crippen LogP) is 0.657. The van der Waals surface area contributed by atoms with Gasteiger partial charge in [-0.2, -0.15) is 0 Å². The van der Waals surface area contributed by atoms with E-state index in [-0.39, 0.29) is 6.10 Å². The highest BCUT2D eigenvalue weighted by Gasteiger charge is 2.21. The summed E-state index contributed by atoms with van der Waals surface area (Å²) in [5, 5.41) is 14.1. The molecule has 1 aromatic rings. The zero-order chi connectivity index (χ0) is 16.8. The van der Waals surface area contributed by atoms with Crippen molar-refractivity contribution in [3.8, 4) is 0 Å². The van der Waals surface area contributed by atoms with Gasteiger partial charge in [0.25, 0.3) is 0 Å². The maximum Gasteiger partial charge on any atom is 0.150 e. The Bertz CT molecular complexity index is 482. The minimum absolute atomic E-state index is 0.223. The van der Waals surface area contributed by atoms with Gasteiger partial charge in [-0.3, -0.25) is 9.80 Å². The summed E-state index contributed by atoms with van der Waals surface area (Å²) >= 11 is 0. The normalized spacial score (nSPS) is 24.5. The lowest BCUT2D eigenvalue weighted by atomic mass is 10.2. The van der Waals surface area contributed by atoms with Crippen molar-refractivity contribution in [3.05, 3.63) is 17.5 Å². The van der Waals surface area contributed by atoms with Crippen molar-refractivity contribution in [2.45, 2.75) is 38.5 Å². The van der Waals surface area contributed by atoms with E-state index in [2.05, 4.69) is 15.0 Å². The molecule has 3 rings (SSSR count). The Balaban J connectivity index is 1.28. The first-order chi connectivity index (χ1) is 11.7. The molecular weight excluding hydrogens is 310 g/mol. The van der Waals surface area contributed by atoms with Crippen LogP contribution in [0.25, 0.3) is 0 Å². The number of aliphatic hydroxyl groups excluding tert-OH is 1. The second-order valence-corrected chi connectivity index (χ2v) is 6.84. The molecule has 0 radical (unpaired) electrons. The highest BCUT2D eigenvalue weighted by atomic mass is 16.5. The lowest BCUT2D eigenvalue weighted by Crippen LogP contribution is -2.48. The third kappa shape index (κ3) is 5.53. The number of hydrogen-bond acceptors (Lipinski definition) is 7. The molecule has 2 aliphatic rings. The molecule has 2 saturated heterocycles. The zero-order valence-electron chi connectivity index (χ0n) is 14.5. The summed E-state index contributed by atoms with van der Waals surface area (Å²) in [4.78, 5) is 4.65. The van der Waals surface area contributed by atoms with Crippen LogP contribution in [0.5, 0.6) is 0 Å². The van der Waals surface area contributed by atoms with Crippen LogP contribution in [0.1, 0.15) is 24.3 Å². The van der Waals surface area contributed by atoms with E-state index in [4.69, 9.17) is 14.0 Å². The monoisotopic (exact) mass is 339 g/mol. The summed E-state index contributed by atoms with van der Waals surface area (Å²) in [6.45, 7) is 9.10. The minimum Gasteiger partial charge on any atom is -0.389 e. The third-order valence-electron chi connectivity index (χ3n) is 4.63. The van der Waals surface area contributed by atoms with Gasteiger partial charge in [-0.05, 0) is 19.8 Å². The van der Waals surface area contributed by atoms with Crippen molar-refractivity contribution in [3.63, 3.8) is 0 Å². The number of rotatable bonds is 8. The van der Waals surface area contributed by atoms with Crippen LogP contribution >= 0.6 is 0 Å². The molecule has 7 heteroatoms. The Kier molecular flexibility index (Phi) is 6.62. The van der Waals surface area contributed by atoms with Crippen molar-refractivity contribution in [1.29, 1.82) is 0 Å². The molecule has 3 heterocycles. The Morgan fingerprint density at radius 2 is 2.12 bits per heavy atom. The Morgan fingerprint density at radius 1 is 1.33 bits per heavy atom. The minimum atomic E-state index is -0.435. The van der Waals surface area contributed by atoms with E-state index in [0.29, 0.717) is 19.8 Å². The van der Waals surface area contributed by atoms with E-state index in [1.807, 2.05) is 13.0 Å². The Hall–Kier alpha value is -0.990. The average Bonchev–Trinajstić information content (AvgIpc) is 3.21. The molecular formula is C17H29N3O4. The topological polar surface area (TPSA) is 71.2 Å². The molecule has 1 N–H and O–H groups in total. The van der Waals surface area contributed by atoms with E-state index in [0.717, 1.165) is 63.6 Å². The molecule has 0 aliphatic carbocycles. The lowest BCUT2D eigenvalue weighted by Gasteiger charge is -2.35. The number of ether oxygens (including phenoxy) is 2. The van der Waals surface area contributed by atoms with E-state index in [1.54, 1.807) is 0 Å². The molecule has 7 nitrogen and oxygen atoms in total. The summed E-state index contributed by atoms with van der Waals surface area (Å²) in [6.07, 6.45) is 1.98. The predicted molar refractivity (Wildman–Crippen MR) is 88.8 cm³/mol. The van der Waals surface area contributed by atoms with Crippen LogP contribution in [0.15, 0.2) is 10.6 Å². The van der Waals surface area contributed by atoms with Crippen LogP contribution in [0.2, 0.25) is 0 Å². The van der Waals surface area contributed by atoms with Crippen LogP contribution in [0.4, 0.5) is 0 Å². The zero-order valence-corrected chi connectivity index (χ0v) is 14.5. The fourth-order valence-corrected chi connectivity index (χ4v) is 3.30. The Labute approximate surface area is 143 Å². The number of aromatic nitrogens is 1. The Morgan fingerprint density at radius 3 is 2.79 bits per heavy atom. The highest BCUT2D eigenvalue weighted by Crippen LogP contribution is 2.12. The number of aryl methyl sites for hydroxylation is 1. The van der Waals surface area contributed by atoms with E-state index >= 15 is 0 Å². The van der Waals surface area contributed by atoms with Crippen LogP contribution in [-0.2, 0) is 16.0 Å². The van der Waals surface area contributed by atoms with Gasteiger partial charge in [0.15, 0.2) is 5.76 Å². The van der Waals surface area contributed by atoms with Gasteiger partial charge in [-0.1, -0.05) is 5.16 Å². The van der Waals surface area contributed by atoms with Crippen LogP contribution in [0, 0.1) is 6.92 Å². The smallest absolute Gasteiger partial charge is 0.150 e. The summed E-state index contributed by atoms with van der Waals surface area (Å²) in [5.74, 6) is 0.920. The number of hydrogen-bond donors (Lipinski definition) is 1. The van der Waals surface area contributed by atoms with Gasteiger partial charge in [0.1, 0.15) is 0 Å². The van der Waals surface area contributed by atoms with Crippen molar-refractivity contribution in [1.82, 2.24) is 15.0 Å². The summed E-state index contributed by atoms with van der Waals surface area (Å²) in [7, 11) is 0. The second kappa shape index (κ2) is 8.92. The first-order valence-electron chi connectivity index (χ1n) is 8.93. The molecule has 2 fully saturated rings. The summed E-state index contributed by atoms with van der Waals surface area (Å²) < 4.78 is 16.4. The molecule has 2 unspecified atom stereocenters. The molecule has 2 atom stereocenters. The maximum absolute atomic E-state index is 10.1. The third-order valence-corrected chi connectivity index (χ3v) is 4.63. The molecule has 0 amide bonds. The van der Waals surface area contributed by atoms with Gasteiger partial charge in [-0.25, -0.2) is 0 Å². The van der Waals surface area contributed by atoms with Gasteiger partial charge in [0.05, 0.1) is 37.7 Å². The van der Waals surface area contributed by atoms with Crippen LogP contribution in [-0.4, -0.2) is 84.8 Å². The van der Waals surface area contributed by atoms with E-state index < -0.39 is 6.10 Å². The summed E-state index contributed by atoms with van der Waals surface area (Å²) in [6, 6.07) is 1.99. The molecule has 0 spiro atoms. The van der Waals surface area contributed by atoms with Crippen molar-refractivity contribution >= 4 is 0 Å². The number of piperazine rings is 1. The maximum atomic E-state index is 10.1. The van der Waals surface area contributed by atoms with E-state index in [9.17, 15) is 5.11 Å². The SMILES string of the molecule is Cc1cc(CN2CCN(CC(O)COCC3CCCO3)CC2)on1. The number of nitrogens with zero attached hydrogens (tertiary/aromatic N) is 3. The van der Waals surface area contributed by atoms with Crippen LogP contribution in [0.3, 0.4) is 0 Å². The molecule has 24 heavy (non-hydrogen) atoms. The fourth-order valence-electron chi connectivity index (χ4n) is 3.30. The summed E-state index contributed by atoms with van der Waals surface area (Å²) in [5.41, 5.74) is 0.926. The fraction of sp³-hybridized carbons (Fsp3) is 0.824. The highest BCUT2D eigenvalue weighted by molar-refractivity contribution is 5.03. The molecule has 0 bridgehead atoms. The molecule has 1 aromatic heterocycles. The quantitative estimate of drug-likeness (QED) is 0.746. The van der Waals surface area contributed by atoms with Crippen molar-refractivity contribution in [2.24, 2.45) is 0 Å². The average molecular weight is 339 g/mol. The number of aliphatic hydroxyl groups is 1. The molecule has 0 aromatic carbocycles. The van der Waals surface area contributed by atoms with Gasteiger partial charge in [0, 0.05) is 45.4 Å². The van der Waals surface area contributed by atoms with Gasteiger partial charge in [0.2, 0.25) is 0 Å². The largest absolute Gasteiger partial charge is 0.389 e. The molecule has 0 saturated carbocycles. The number of β-amino-alcohol motifs (C(OH)–C–C–N with tert-alkyl or cyclic N) is 1. The molecule has 2 aliphatic heterocycles. The first-order valence-corrected chi connectivity index (χ1v) is 8.93. The van der Waals surface area contributed by atoms with Gasteiger partial charge < -0.3 is 19.1 Å². The van der Waals surface area contributed by atoms with Crippen LogP contribution < -0.4 is 0 Å². The molecule has 136 valence electrons. The van der Waals surface area contributed by atoms with Crippen molar-refractivity contribution in [2.75, 3.05) is 52.5 Å². The van der Waals surface area contributed by atoms with Crippen molar-refractivity contribution < 1.29 is 19.1 Å². The van der Waals surface area contributed by atoms with E-state index in [1.165, 1.54) is 0 Å². The first kappa shape index (κ1) is 17.8. The lowest BCUT2D eigenvalue weighted by molar-refractivity contribution is -0.0289. The second-order valence-electron chi connectivity index (χ2n) is 6.84. The van der Waals surface area contributed by atoms with Gasteiger partial charge >= 0.3 is 0 Å².